The Labute approximate surface area is 123 Å². The first-order chi connectivity index (χ1) is 10.1. The normalized spacial score (nSPS) is 10.2. The molecule has 0 unspecified atom stereocenters. The maximum Gasteiger partial charge on any atom is 0.338 e. The van der Waals surface area contributed by atoms with Crippen molar-refractivity contribution in [2.75, 3.05) is 5.32 Å². The van der Waals surface area contributed by atoms with Gasteiger partial charge in [0.05, 0.1) is 11.7 Å². The SMILES string of the molecule is CC(C)OC(=O)c1cccc(-c2ccc(NC=O)cc2)c1. The minimum Gasteiger partial charge on any atom is -0.459 e. The van der Waals surface area contributed by atoms with Crippen molar-refractivity contribution in [1.82, 2.24) is 0 Å². The molecule has 0 bridgehead atoms. The number of rotatable bonds is 5. The predicted octanol–water partition coefficient (Wildman–Crippen LogP) is 3.49. The molecule has 0 aromatic heterocycles. The second kappa shape index (κ2) is 6.70. The van der Waals surface area contributed by atoms with Gasteiger partial charge in [0, 0.05) is 5.69 Å². The number of ether oxygens (including phenoxy) is 1. The van der Waals surface area contributed by atoms with Crippen molar-refractivity contribution in [3.63, 3.8) is 0 Å². The zero-order valence-corrected chi connectivity index (χ0v) is 12.0. The summed E-state index contributed by atoms with van der Waals surface area (Å²) >= 11 is 0. The summed E-state index contributed by atoms with van der Waals surface area (Å²) in [4.78, 5) is 22.3. The summed E-state index contributed by atoms with van der Waals surface area (Å²) in [5.74, 6) is -0.328. The van der Waals surface area contributed by atoms with E-state index in [9.17, 15) is 9.59 Å². The molecule has 0 aliphatic heterocycles. The molecule has 21 heavy (non-hydrogen) atoms. The number of hydrogen-bond donors (Lipinski definition) is 1. The monoisotopic (exact) mass is 283 g/mol. The summed E-state index contributed by atoms with van der Waals surface area (Å²) < 4.78 is 5.19. The third kappa shape index (κ3) is 3.92. The van der Waals surface area contributed by atoms with E-state index in [2.05, 4.69) is 5.32 Å². The van der Waals surface area contributed by atoms with Crippen molar-refractivity contribution in [1.29, 1.82) is 0 Å². The molecule has 0 saturated heterocycles. The van der Waals surface area contributed by atoms with Gasteiger partial charge >= 0.3 is 5.97 Å². The molecule has 0 saturated carbocycles. The molecule has 0 atom stereocenters. The highest BCUT2D eigenvalue weighted by Gasteiger charge is 2.10. The third-order valence-corrected chi connectivity index (χ3v) is 2.88. The predicted molar refractivity (Wildman–Crippen MR) is 82.1 cm³/mol. The van der Waals surface area contributed by atoms with Crippen LogP contribution in [-0.4, -0.2) is 18.5 Å². The summed E-state index contributed by atoms with van der Waals surface area (Å²) in [7, 11) is 0. The number of hydrogen-bond acceptors (Lipinski definition) is 3. The van der Waals surface area contributed by atoms with Gasteiger partial charge in [0.15, 0.2) is 0 Å². The zero-order chi connectivity index (χ0) is 15.2. The molecule has 1 N–H and O–H groups in total. The first-order valence-electron chi connectivity index (χ1n) is 6.72. The Balaban J connectivity index is 2.24. The summed E-state index contributed by atoms with van der Waals surface area (Å²) in [6, 6.07) is 14.7. The lowest BCUT2D eigenvalue weighted by atomic mass is 10.0. The van der Waals surface area contributed by atoms with Gasteiger partial charge in [0.25, 0.3) is 0 Å². The number of nitrogens with one attached hydrogen (secondary N) is 1. The van der Waals surface area contributed by atoms with E-state index >= 15 is 0 Å². The first-order valence-corrected chi connectivity index (χ1v) is 6.72. The van der Waals surface area contributed by atoms with Crippen LogP contribution in [0.3, 0.4) is 0 Å². The van der Waals surface area contributed by atoms with Crippen LogP contribution in [0.5, 0.6) is 0 Å². The van der Waals surface area contributed by atoms with Gasteiger partial charge in [-0.3, -0.25) is 4.79 Å². The molecule has 4 nitrogen and oxygen atoms in total. The van der Waals surface area contributed by atoms with E-state index in [1.54, 1.807) is 12.1 Å². The van der Waals surface area contributed by atoms with Crippen molar-refractivity contribution >= 4 is 18.1 Å². The van der Waals surface area contributed by atoms with Gasteiger partial charge in [0.1, 0.15) is 0 Å². The lowest BCUT2D eigenvalue weighted by Crippen LogP contribution is -2.11. The summed E-state index contributed by atoms with van der Waals surface area (Å²) in [5, 5.41) is 2.58. The Morgan fingerprint density at radius 3 is 2.43 bits per heavy atom. The number of esters is 1. The molecule has 2 aromatic carbocycles. The van der Waals surface area contributed by atoms with Crippen LogP contribution in [0.1, 0.15) is 24.2 Å². The summed E-state index contributed by atoms with van der Waals surface area (Å²) in [6.45, 7) is 3.64. The van der Waals surface area contributed by atoms with Crippen molar-refractivity contribution in [3.8, 4) is 11.1 Å². The van der Waals surface area contributed by atoms with Crippen LogP contribution in [0.4, 0.5) is 5.69 Å². The number of carbonyl (C=O) groups is 2. The minimum absolute atomic E-state index is 0.144. The van der Waals surface area contributed by atoms with Gasteiger partial charge in [0.2, 0.25) is 6.41 Å². The van der Waals surface area contributed by atoms with Crippen molar-refractivity contribution in [2.45, 2.75) is 20.0 Å². The Kier molecular flexibility index (Phi) is 4.72. The van der Waals surface area contributed by atoms with E-state index in [0.29, 0.717) is 12.0 Å². The van der Waals surface area contributed by atoms with Crippen LogP contribution < -0.4 is 5.32 Å². The van der Waals surface area contributed by atoms with Crippen LogP contribution in [0, 0.1) is 0 Å². The van der Waals surface area contributed by atoms with Crippen LogP contribution >= 0.6 is 0 Å². The molecule has 0 radical (unpaired) electrons. The fraction of sp³-hybridized carbons (Fsp3) is 0.176. The largest absolute Gasteiger partial charge is 0.459 e. The molecule has 4 heteroatoms. The van der Waals surface area contributed by atoms with Crippen molar-refractivity contribution < 1.29 is 14.3 Å². The number of benzene rings is 2. The van der Waals surface area contributed by atoms with Gasteiger partial charge in [-0.1, -0.05) is 24.3 Å². The lowest BCUT2D eigenvalue weighted by molar-refractivity contribution is -0.105. The van der Waals surface area contributed by atoms with Gasteiger partial charge in [-0.25, -0.2) is 4.79 Å². The molecule has 0 spiro atoms. The molecule has 0 heterocycles. The van der Waals surface area contributed by atoms with Crippen LogP contribution in [0.15, 0.2) is 48.5 Å². The highest BCUT2D eigenvalue weighted by Crippen LogP contribution is 2.22. The van der Waals surface area contributed by atoms with Crippen molar-refractivity contribution in [2.24, 2.45) is 0 Å². The summed E-state index contributed by atoms with van der Waals surface area (Å²) in [5.41, 5.74) is 3.14. The van der Waals surface area contributed by atoms with Crippen LogP contribution in [-0.2, 0) is 9.53 Å². The van der Waals surface area contributed by atoms with E-state index < -0.39 is 0 Å². The van der Waals surface area contributed by atoms with Gasteiger partial charge in [-0.15, -0.1) is 0 Å². The van der Waals surface area contributed by atoms with Crippen LogP contribution in [0.25, 0.3) is 11.1 Å². The molecular formula is C17H17NO3. The molecule has 0 aliphatic carbocycles. The molecule has 2 rings (SSSR count). The Hall–Kier alpha value is -2.62. The summed E-state index contributed by atoms with van der Waals surface area (Å²) in [6.07, 6.45) is 0.493. The highest BCUT2D eigenvalue weighted by atomic mass is 16.5. The first kappa shape index (κ1) is 14.8. The second-order valence-corrected chi connectivity index (χ2v) is 4.87. The van der Waals surface area contributed by atoms with E-state index in [1.807, 2.05) is 50.2 Å². The fourth-order valence-electron chi connectivity index (χ4n) is 1.93. The van der Waals surface area contributed by atoms with E-state index in [4.69, 9.17) is 4.74 Å². The third-order valence-electron chi connectivity index (χ3n) is 2.88. The van der Waals surface area contributed by atoms with E-state index in [1.165, 1.54) is 0 Å². The zero-order valence-electron chi connectivity index (χ0n) is 12.0. The maximum atomic E-state index is 11.9. The molecule has 0 aliphatic rings. The number of anilines is 1. The Bertz CT molecular complexity index is 633. The molecule has 0 fully saturated rings. The average Bonchev–Trinajstić information content (AvgIpc) is 2.48. The molecule has 1 amide bonds. The van der Waals surface area contributed by atoms with E-state index in [-0.39, 0.29) is 12.1 Å². The quantitative estimate of drug-likeness (QED) is 0.675. The topological polar surface area (TPSA) is 55.4 Å². The molecular weight excluding hydrogens is 266 g/mol. The van der Waals surface area contributed by atoms with Gasteiger partial charge < -0.3 is 10.1 Å². The standard InChI is InChI=1S/C17H17NO3/c1-12(2)21-17(20)15-5-3-4-14(10-15)13-6-8-16(9-7-13)18-11-19/h3-12H,1-2H3,(H,18,19). The Morgan fingerprint density at radius 2 is 1.81 bits per heavy atom. The number of amides is 1. The van der Waals surface area contributed by atoms with Gasteiger partial charge in [-0.05, 0) is 49.2 Å². The lowest BCUT2D eigenvalue weighted by Gasteiger charge is -2.09. The Morgan fingerprint density at radius 1 is 1.10 bits per heavy atom. The molecule has 2 aromatic rings. The highest BCUT2D eigenvalue weighted by molar-refractivity contribution is 5.91. The number of carbonyl (C=O) groups excluding carboxylic acids is 2. The van der Waals surface area contributed by atoms with Crippen molar-refractivity contribution in [3.05, 3.63) is 54.1 Å². The molecule has 108 valence electrons. The fourth-order valence-corrected chi connectivity index (χ4v) is 1.93. The average molecular weight is 283 g/mol. The maximum absolute atomic E-state index is 11.9. The smallest absolute Gasteiger partial charge is 0.338 e. The van der Waals surface area contributed by atoms with Crippen LogP contribution in [0.2, 0.25) is 0 Å². The van der Waals surface area contributed by atoms with E-state index in [0.717, 1.165) is 16.8 Å². The minimum atomic E-state index is -0.328. The second-order valence-electron chi connectivity index (χ2n) is 4.87. The van der Waals surface area contributed by atoms with Gasteiger partial charge in [-0.2, -0.15) is 0 Å².